The molecule has 1 unspecified atom stereocenters. The molecule has 0 spiro atoms. The minimum atomic E-state index is -0.430. The van der Waals surface area contributed by atoms with Crippen LogP contribution < -0.4 is 14.8 Å². The molecule has 2 aromatic carbocycles. The van der Waals surface area contributed by atoms with Gasteiger partial charge in [0, 0.05) is 6.54 Å². The summed E-state index contributed by atoms with van der Waals surface area (Å²) in [4.78, 5) is 14.1. The molecule has 0 aromatic heterocycles. The Morgan fingerprint density at radius 3 is 2.46 bits per heavy atom. The lowest BCUT2D eigenvalue weighted by molar-refractivity contribution is -0.121. The van der Waals surface area contributed by atoms with Crippen LogP contribution >= 0.6 is 0 Å². The lowest BCUT2D eigenvalue weighted by atomic mass is 10.1. The molecule has 5 nitrogen and oxygen atoms in total. The summed E-state index contributed by atoms with van der Waals surface area (Å²) in [6, 6.07) is 14.0. The number of hydrogen-bond donors (Lipinski definition) is 1. The number of para-hydroxylation sites is 1. The Kier molecular flexibility index (Phi) is 7.41. The third-order valence-electron chi connectivity index (χ3n) is 4.04. The Morgan fingerprint density at radius 2 is 1.85 bits per heavy atom. The largest absolute Gasteiger partial charge is 0.497 e. The van der Waals surface area contributed by atoms with Crippen LogP contribution in [0.25, 0.3) is 0 Å². The maximum absolute atomic E-state index is 13.5. The quantitative estimate of drug-likeness (QED) is 0.747. The molecule has 0 bridgehead atoms. The molecule has 2 aromatic rings. The van der Waals surface area contributed by atoms with E-state index in [9.17, 15) is 9.18 Å². The van der Waals surface area contributed by atoms with Gasteiger partial charge in [0.1, 0.15) is 5.75 Å². The molecule has 0 heterocycles. The van der Waals surface area contributed by atoms with Crippen LogP contribution in [0.15, 0.2) is 48.5 Å². The van der Waals surface area contributed by atoms with E-state index in [4.69, 9.17) is 9.47 Å². The average molecular weight is 360 g/mol. The van der Waals surface area contributed by atoms with Crippen LogP contribution in [0, 0.1) is 5.82 Å². The van der Waals surface area contributed by atoms with Crippen molar-refractivity contribution in [1.82, 2.24) is 10.2 Å². The van der Waals surface area contributed by atoms with Gasteiger partial charge in [-0.2, -0.15) is 0 Å². The maximum Gasteiger partial charge on any atom is 0.223 e. The van der Waals surface area contributed by atoms with Crippen molar-refractivity contribution >= 4 is 5.91 Å². The first-order chi connectivity index (χ1) is 12.5. The Labute approximate surface area is 153 Å². The van der Waals surface area contributed by atoms with E-state index in [0.29, 0.717) is 6.54 Å². The van der Waals surface area contributed by atoms with Crippen LogP contribution in [0.3, 0.4) is 0 Å². The highest BCUT2D eigenvalue weighted by atomic mass is 19.1. The maximum atomic E-state index is 13.5. The number of benzene rings is 2. The Bertz CT molecular complexity index is 704. The molecule has 1 atom stereocenters. The molecule has 1 N–H and O–H groups in total. The SMILES string of the molecule is COc1ccc(C(CNC(=O)CCOc2ccccc2F)N(C)C)cc1. The monoisotopic (exact) mass is 360 g/mol. The van der Waals surface area contributed by atoms with E-state index in [2.05, 4.69) is 5.32 Å². The zero-order valence-corrected chi connectivity index (χ0v) is 15.4. The lowest BCUT2D eigenvalue weighted by Crippen LogP contribution is -2.35. The van der Waals surface area contributed by atoms with Crippen LogP contribution in [0.4, 0.5) is 4.39 Å². The Morgan fingerprint density at radius 1 is 1.15 bits per heavy atom. The molecular formula is C20H25FN2O3. The van der Waals surface area contributed by atoms with Gasteiger partial charge in [0.05, 0.1) is 26.2 Å². The summed E-state index contributed by atoms with van der Waals surface area (Å²) in [5.41, 5.74) is 1.08. The van der Waals surface area contributed by atoms with Crippen LogP contribution in [0.5, 0.6) is 11.5 Å². The number of nitrogens with one attached hydrogen (secondary N) is 1. The predicted octanol–water partition coefficient (Wildman–Crippen LogP) is 3.02. The Balaban J connectivity index is 1.82. The molecule has 0 radical (unpaired) electrons. The van der Waals surface area contributed by atoms with Gasteiger partial charge in [-0.25, -0.2) is 4.39 Å². The van der Waals surface area contributed by atoms with E-state index in [-0.39, 0.29) is 30.7 Å². The first-order valence-corrected chi connectivity index (χ1v) is 8.45. The number of rotatable bonds is 9. The first-order valence-electron chi connectivity index (χ1n) is 8.45. The van der Waals surface area contributed by atoms with Crippen LogP contribution in [0.1, 0.15) is 18.0 Å². The van der Waals surface area contributed by atoms with Gasteiger partial charge in [0.2, 0.25) is 5.91 Å². The van der Waals surface area contributed by atoms with Crippen LogP contribution in [-0.4, -0.2) is 45.2 Å². The number of carbonyl (C=O) groups excluding carboxylic acids is 1. The normalized spacial score (nSPS) is 11.9. The van der Waals surface area contributed by atoms with E-state index in [0.717, 1.165) is 11.3 Å². The average Bonchev–Trinajstić information content (AvgIpc) is 2.64. The van der Waals surface area contributed by atoms with Crippen molar-refractivity contribution in [1.29, 1.82) is 0 Å². The topological polar surface area (TPSA) is 50.8 Å². The fourth-order valence-electron chi connectivity index (χ4n) is 2.54. The van der Waals surface area contributed by atoms with Gasteiger partial charge in [0.25, 0.3) is 0 Å². The summed E-state index contributed by atoms with van der Waals surface area (Å²) in [7, 11) is 5.55. The third-order valence-corrected chi connectivity index (χ3v) is 4.04. The molecule has 1 amide bonds. The number of hydrogen-bond acceptors (Lipinski definition) is 4. The van der Waals surface area contributed by atoms with Crippen molar-refractivity contribution in [2.75, 3.05) is 34.4 Å². The molecule has 0 saturated heterocycles. The molecule has 6 heteroatoms. The molecule has 26 heavy (non-hydrogen) atoms. The lowest BCUT2D eigenvalue weighted by Gasteiger charge is -2.25. The molecule has 0 fully saturated rings. The smallest absolute Gasteiger partial charge is 0.223 e. The molecule has 0 aliphatic carbocycles. The first kappa shape index (κ1) is 19.7. The van der Waals surface area contributed by atoms with Crippen molar-refractivity contribution in [2.24, 2.45) is 0 Å². The van der Waals surface area contributed by atoms with Gasteiger partial charge in [-0.3, -0.25) is 4.79 Å². The molecule has 0 aliphatic heterocycles. The molecular weight excluding hydrogens is 335 g/mol. The summed E-state index contributed by atoms with van der Waals surface area (Å²) in [5.74, 6) is 0.382. The summed E-state index contributed by atoms with van der Waals surface area (Å²) in [6.07, 6.45) is 0.164. The molecule has 0 saturated carbocycles. The van der Waals surface area contributed by atoms with Gasteiger partial charge < -0.3 is 19.7 Å². The second kappa shape index (κ2) is 9.77. The van der Waals surface area contributed by atoms with Gasteiger partial charge in [-0.05, 0) is 43.9 Å². The third kappa shape index (κ3) is 5.74. The number of ether oxygens (including phenoxy) is 2. The van der Waals surface area contributed by atoms with Crippen molar-refractivity contribution in [3.8, 4) is 11.5 Å². The minimum absolute atomic E-state index is 0.0392. The number of methoxy groups -OCH3 is 1. The van der Waals surface area contributed by atoms with Gasteiger partial charge in [-0.1, -0.05) is 24.3 Å². The van der Waals surface area contributed by atoms with Crippen molar-refractivity contribution in [2.45, 2.75) is 12.5 Å². The minimum Gasteiger partial charge on any atom is -0.497 e. The van der Waals surface area contributed by atoms with E-state index in [1.807, 2.05) is 43.3 Å². The van der Waals surface area contributed by atoms with Crippen molar-refractivity contribution < 1.29 is 18.7 Å². The zero-order valence-electron chi connectivity index (χ0n) is 15.4. The second-order valence-electron chi connectivity index (χ2n) is 6.09. The van der Waals surface area contributed by atoms with Gasteiger partial charge in [0.15, 0.2) is 11.6 Å². The Hall–Kier alpha value is -2.60. The van der Waals surface area contributed by atoms with Crippen LogP contribution in [0.2, 0.25) is 0 Å². The summed E-state index contributed by atoms with van der Waals surface area (Å²) >= 11 is 0. The van der Waals surface area contributed by atoms with E-state index in [1.165, 1.54) is 6.07 Å². The van der Waals surface area contributed by atoms with Gasteiger partial charge >= 0.3 is 0 Å². The second-order valence-corrected chi connectivity index (χ2v) is 6.09. The molecule has 2 rings (SSSR count). The van der Waals surface area contributed by atoms with E-state index >= 15 is 0 Å². The number of amides is 1. The molecule has 0 aliphatic rings. The van der Waals surface area contributed by atoms with E-state index in [1.54, 1.807) is 25.3 Å². The number of nitrogens with zero attached hydrogens (tertiary/aromatic N) is 1. The fraction of sp³-hybridized carbons (Fsp3) is 0.350. The van der Waals surface area contributed by atoms with Crippen LogP contribution in [-0.2, 0) is 4.79 Å². The van der Waals surface area contributed by atoms with Crippen molar-refractivity contribution in [3.05, 3.63) is 59.9 Å². The zero-order chi connectivity index (χ0) is 18.9. The van der Waals surface area contributed by atoms with Gasteiger partial charge in [-0.15, -0.1) is 0 Å². The van der Waals surface area contributed by atoms with Crippen molar-refractivity contribution in [3.63, 3.8) is 0 Å². The highest BCUT2D eigenvalue weighted by Crippen LogP contribution is 2.20. The standard InChI is InChI=1S/C20H25FN2O3/c1-23(2)18(15-8-10-16(25-3)11-9-15)14-22-20(24)12-13-26-19-7-5-4-6-17(19)21/h4-11,18H,12-14H2,1-3H3,(H,22,24). The summed E-state index contributed by atoms with van der Waals surface area (Å²) in [6.45, 7) is 0.597. The highest BCUT2D eigenvalue weighted by Gasteiger charge is 2.15. The number of likely N-dealkylation sites (N-methyl/N-ethyl adjacent to an activating group) is 1. The number of halogens is 1. The van der Waals surface area contributed by atoms with E-state index < -0.39 is 5.82 Å². The highest BCUT2D eigenvalue weighted by molar-refractivity contribution is 5.76. The molecule has 140 valence electrons. The summed E-state index contributed by atoms with van der Waals surface area (Å²) < 4.78 is 23.9. The summed E-state index contributed by atoms with van der Waals surface area (Å²) in [5, 5.41) is 2.91. The predicted molar refractivity (Wildman–Crippen MR) is 98.9 cm³/mol. The number of carbonyl (C=O) groups is 1. The fourth-order valence-corrected chi connectivity index (χ4v) is 2.54.